The van der Waals surface area contributed by atoms with Crippen LogP contribution >= 0.6 is 0 Å². The smallest absolute Gasteiger partial charge is 0.251 e. The van der Waals surface area contributed by atoms with E-state index in [1.54, 1.807) is 18.2 Å². The van der Waals surface area contributed by atoms with Crippen molar-refractivity contribution in [1.82, 2.24) is 15.3 Å². The van der Waals surface area contributed by atoms with Gasteiger partial charge in [-0.25, -0.2) is 14.4 Å². The van der Waals surface area contributed by atoms with Crippen molar-refractivity contribution in [3.05, 3.63) is 41.3 Å². The fourth-order valence-electron chi connectivity index (χ4n) is 3.25. The summed E-state index contributed by atoms with van der Waals surface area (Å²) < 4.78 is 18.8. The zero-order valence-electron chi connectivity index (χ0n) is 16.0. The highest BCUT2D eigenvalue weighted by Gasteiger charge is 2.31. The molecule has 2 aromatic rings. The number of aromatic nitrogens is 2. The molecule has 1 fully saturated rings. The number of hydrogen-bond acceptors (Lipinski definition) is 6. The molecule has 0 bridgehead atoms. The number of amides is 1. The molecule has 2 aliphatic heterocycles. The topological polar surface area (TPSA) is 110 Å². The number of ether oxygens (including phenoxy) is 1. The Morgan fingerprint density at radius 2 is 2.18 bits per heavy atom. The van der Waals surface area contributed by atoms with Crippen LogP contribution in [0.3, 0.4) is 0 Å². The highest BCUT2D eigenvalue weighted by molar-refractivity contribution is 5.98. The molecule has 8 heteroatoms. The maximum atomic E-state index is 13.9. The molecule has 1 atom stereocenters. The van der Waals surface area contributed by atoms with Crippen LogP contribution in [0, 0.1) is 5.82 Å². The number of fused-ring (bicyclic) bond motifs is 1. The van der Waals surface area contributed by atoms with E-state index in [1.165, 1.54) is 0 Å². The molecule has 1 saturated heterocycles. The molecule has 0 spiro atoms. The number of carbonyl (C=O) groups excluding carboxylic acids is 1. The first-order chi connectivity index (χ1) is 13.3. The molecule has 3 heterocycles. The second-order valence-corrected chi connectivity index (χ2v) is 7.62. The number of nitrogens with one attached hydrogen (secondary N) is 1. The molecule has 150 valence electrons. The first-order valence-corrected chi connectivity index (χ1v) is 9.25. The Labute approximate surface area is 163 Å². The summed E-state index contributed by atoms with van der Waals surface area (Å²) in [6.45, 7) is 5.97. The van der Waals surface area contributed by atoms with E-state index in [4.69, 9.17) is 15.6 Å². The zero-order valence-corrected chi connectivity index (χ0v) is 16.0. The van der Waals surface area contributed by atoms with Crippen molar-refractivity contribution in [3.63, 3.8) is 0 Å². The molecule has 7 nitrogen and oxygen atoms in total. The molecule has 1 aromatic carbocycles. The summed E-state index contributed by atoms with van der Waals surface area (Å²) in [5, 5.41) is 11.6. The monoisotopic (exact) mass is 388 g/mol. The highest BCUT2D eigenvalue weighted by Crippen LogP contribution is 2.33. The largest absolute Gasteiger partial charge is 0.391 e. The maximum Gasteiger partial charge on any atom is 0.251 e. The standard InChI is InChI=1S/C15H15FN4O.C5H10O2/c1-15(2)7-19-13(21)9-4-3-8(5-10(9)15)12-11(16)6-18-14(17)20-12;6-5-2-1-3-7-4-5/h3-6H,7H2,1-2H3,(H,19,21)(H2,17,18,20);5-6H,1-4H2. The zero-order chi connectivity index (χ0) is 20.3. The van der Waals surface area contributed by atoms with Gasteiger partial charge in [-0.15, -0.1) is 0 Å². The number of hydrogen-bond donors (Lipinski definition) is 3. The number of carbonyl (C=O) groups is 1. The Morgan fingerprint density at radius 3 is 2.82 bits per heavy atom. The predicted molar refractivity (Wildman–Crippen MR) is 103 cm³/mol. The van der Waals surface area contributed by atoms with Gasteiger partial charge in [0.25, 0.3) is 5.91 Å². The fraction of sp³-hybridized carbons (Fsp3) is 0.450. The van der Waals surface area contributed by atoms with E-state index in [-0.39, 0.29) is 29.1 Å². The van der Waals surface area contributed by atoms with Crippen LogP contribution in [0.15, 0.2) is 24.4 Å². The Kier molecular flexibility index (Phi) is 5.90. The molecule has 0 radical (unpaired) electrons. The number of halogens is 1. The number of nitrogens with two attached hydrogens (primary N) is 1. The fourth-order valence-corrected chi connectivity index (χ4v) is 3.25. The average Bonchev–Trinajstić information content (AvgIpc) is 2.68. The van der Waals surface area contributed by atoms with Gasteiger partial charge in [0.1, 0.15) is 5.69 Å². The number of aliphatic hydroxyl groups excluding tert-OH is 1. The lowest BCUT2D eigenvalue weighted by molar-refractivity contribution is -0.00535. The van der Waals surface area contributed by atoms with Gasteiger partial charge >= 0.3 is 0 Å². The van der Waals surface area contributed by atoms with Gasteiger partial charge in [-0.1, -0.05) is 19.9 Å². The minimum Gasteiger partial charge on any atom is -0.391 e. The number of benzene rings is 1. The Balaban J connectivity index is 0.000000271. The van der Waals surface area contributed by atoms with Gasteiger partial charge in [0.05, 0.1) is 18.9 Å². The molecule has 2 aliphatic rings. The lowest BCUT2D eigenvalue weighted by Crippen LogP contribution is -2.43. The van der Waals surface area contributed by atoms with Crippen LogP contribution in [0.4, 0.5) is 10.3 Å². The average molecular weight is 388 g/mol. The summed E-state index contributed by atoms with van der Waals surface area (Å²) in [5.41, 5.74) is 7.51. The quantitative estimate of drug-likeness (QED) is 0.690. The summed E-state index contributed by atoms with van der Waals surface area (Å²) in [6.07, 6.45) is 2.80. The summed E-state index contributed by atoms with van der Waals surface area (Å²) in [5.74, 6) is -0.637. The third-order valence-electron chi connectivity index (χ3n) is 4.86. The van der Waals surface area contributed by atoms with Crippen molar-refractivity contribution >= 4 is 11.9 Å². The Hall–Kier alpha value is -2.58. The summed E-state index contributed by atoms with van der Waals surface area (Å²) in [6, 6.07) is 5.17. The van der Waals surface area contributed by atoms with E-state index in [0.29, 0.717) is 24.3 Å². The Bertz CT molecular complexity index is 867. The molecule has 1 unspecified atom stereocenters. The molecule has 0 aliphatic carbocycles. The summed E-state index contributed by atoms with van der Waals surface area (Å²) >= 11 is 0. The van der Waals surface area contributed by atoms with Crippen LogP contribution in [-0.2, 0) is 10.2 Å². The van der Waals surface area contributed by atoms with Crippen LogP contribution in [0.2, 0.25) is 0 Å². The van der Waals surface area contributed by atoms with Crippen LogP contribution in [0.5, 0.6) is 0 Å². The first kappa shape index (κ1) is 20.2. The van der Waals surface area contributed by atoms with Gasteiger partial charge in [-0.3, -0.25) is 4.79 Å². The van der Waals surface area contributed by atoms with Crippen molar-refractivity contribution in [3.8, 4) is 11.3 Å². The van der Waals surface area contributed by atoms with E-state index >= 15 is 0 Å². The third kappa shape index (κ3) is 4.45. The lowest BCUT2D eigenvalue weighted by Gasteiger charge is -2.32. The Morgan fingerprint density at radius 1 is 1.39 bits per heavy atom. The van der Waals surface area contributed by atoms with Crippen LogP contribution in [0.25, 0.3) is 11.3 Å². The van der Waals surface area contributed by atoms with E-state index in [9.17, 15) is 9.18 Å². The van der Waals surface area contributed by atoms with Gasteiger partial charge in [-0.05, 0) is 30.5 Å². The number of anilines is 1. The molecule has 4 N–H and O–H groups in total. The maximum absolute atomic E-state index is 13.9. The molecule has 4 rings (SSSR count). The van der Waals surface area contributed by atoms with Gasteiger partial charge in [0.2, 0.25) is 5.95 Å². The van der Waals surface area contributed by atoms with Gasteiger partial charge in [-0.2, -0.15) is 0 Å². The molecule has 1 aromatic heterocycles. The molecular formula is C20H25FN4O3. The molecular weight excluding hydrogens is 363 g/mol. The third-order valence-corrected chi connectivity index (χ3v) is 4.86. The van der Waals surface area contributed by atoms with E-state index < -0.39 is 5.82 Å². The predicted octanol–water partition coefficient (Wildman–Crippen LogP) is 2.04. The van der Waals surface area contributed by atoms with Crippen molar-refractivity contribution < 1.29 is 19.0 Å². The SMILES string of the molecule is CC1(C)CNC(=O)c2ccc(-c3nc(N)ncc3F)cc21.OC1CCCOC1. The highest BCUT2D eigenvalue weighted by atomic mass is 19.1. The van der Waals surface area contributed by atoms with Crippen molar-refractivity contribution in [1.29, 1.82) is 0 Å². The lowest BCUT2D eigenvalue weighted by atomic mass is 9.78. The molecule has 28 heavy (non-hydrogen) atoms. The van der Waals surface area contributed by atoms with E-state index in [0.717, 1.165) is 31.2 Å². The second-order valence-electron chi connectivity index (χ2n) is 7.62. The number of nitrogen functional groups attached to an aromatic ring is 1. The van der Waals surface area contributed by atoms with Gasteiger partial charge in [0.15, 0.2) is 5.82 Å². The second kappa shape index (κ2) is 8.20. The summed E-state index contributed by atoms with van der Waals surface area (Å²) in [4.78, 5) is 19.5. The van der Waals surface area contributed by atoms with Crippen molar-refractivity contribution in [2.45, 2.75) is 38.2 Å². The van der Waals surface area contributed by atoms with Gasteiger partial charge < -0.3 is 20.9 Å². The number of rotatable bonds is 1. The number of aliphatic hydroxyl groups is 1. The minimum atomic E-state index is -0.540. The first-order valence-electron chi connectivity index (χ1n) is 9.25. The van der Waals surface area contributed by atoms with Crippen LogP contribution < -0.4 is 11.1 Å². The molecule has 1 amide bonds. The van der Waals surface area contributed by atoms with Crippen molar-refractivity contribution in [2.24, 2.45) is 0 Å². The molecule has 0 saturated carbocycles. The van der Waals surface area contributed by atoms with Crippen molar-refractivity contribution in [2.75, 3.05) is 25.5 Å². The summed E-state index contributed by atoms with van der Waals surface area (Å²) in [7, 11) is 0. The normalized spacial score (nSPS) is 20.4. The minimum absolute atomic E-state index is 0.0149. The van der Waals surface area contributed by atoms with Crippen LogP contribution in [-0.4, -0.2) is 46.8 Å². The number of nitrogens with zero attached hydrogens (tertiary/aromatic N) is 2. The van der Waals surface area contributed by atoms with Crippen LogP contribution in [0.1, 0.15) is 42.6 Å². The van der Waals surface area contributed by atoms with Gasteiger partial charge in [0, 0.05) is 29.7 Å². The van der Waals surface area contributed by atoms with E-state index in [1.807, 2.05) is 13.8 Å². The van der Waals surface area contributed by atoms with E-state index in [2.05, 4.69) is 15.3 Å².